The molecule has 0 aromatic heterocycles. The van der Waals surface area contributed by atoms with Gasteiger partial charge in [0.1, 0.15) is 0 Å². The minimum absolute atomic E-state index is 0.205. The molecule has 0 aliphatic carbocycles. The van der Waals surface area contributed by atoms with E-state index in [0.29, 0.717) is 11.0 Å². The molecule has 21 heavy (non-hydrogen) atoms. The highest BCUT2D eigenvalue weighted by Gasteiger charge is 2.15. The highest BCUT2D eigenvalue weighted by Crippen LogP contribution is 2.19. The van der Waals surface area contributed by atoms with E-state index in [2.05, 4.69) is 27.5 Å². The Balaban J connectivity index is 1.45. The Hall–Kier alpha value is -0.300. The van der Waals surface area contributed by atoms with Gasteiger partial charge in [0.15, 0.2) is 0 Å². The van der Waals surface area contributed by atoms with Crippen molar-refractivity contribution < 1.29 is 4.79 Å². The number of hydrogen-bond donors (Lipinski definition) is 2. The van der Waals surface area contributed by atoms with Crippen LogP contribution >= 0.6 is 11.8 Å². The summed E-state index contributed by atoms with van der Waals surface area (Å²) < 4.78 is 0. The molecule has 6 heteroatoms. The van der Waals surface area contributed by atoms with Crippen molar-refractivity contribution in [2.75, 3.05) is 65.2 Å². The van der Waals surface area contributed by atoms with E-state index in [0.717, 1.165) is 45.7 Å². The van der Waals surface area contributed by atoms with Gasteiger partial charge >= 0.3 is 0 Å². The van der Waals surface area contributed by atoms with Crippen LogP contribution in [0.15, 0.2) is 0 Å². The molecule has 0 atom stereocenters. The fourth-order valence-electron chi connectivity index (χ4n) is 2.81. The molecule has 2 rings (SSSR count). The van der Waals surface area contributed by atoms with Crippen molar-refractivity contribution in [1.29, 1.82) is 0 Å². The number of amides is 1. The standard InChI is InChI=1S/C15H30N4OS/c1-18-9-11-19(12-10-18)8-2-5-17-15(20)13-21-14-3-6-16-7-4-14/h14,16H,2-13H2,1H3,(H,17,20). The third-order valence-corrected chi connectivity index (χ3v) is 5.68. The lowest BCUT2D eigenvalue weighted by Gasteiger charge is -2.32. The second-order valence-corrected chi connectivity index (χ2v) is 7.40. The van der Waals surface area contributed by atoms with Gasteiger partial charge in [-0.05, 0) is 45.9 Å². The predicted molar refractivity (Wildman–Crippen MR) is 89.9 cm³/mol. The van der Waals surface area contributed by atoms with Crippen molar-refractivity contribution in [3.8, 4) is 0 Å². The second kappa shape index (κ2) is 9.66. The van der Waals surface area contributed by atoms with Gasteiger partial charge in [-0.2, -0.15) is 0 Å². The summed E-state index contributed by atoms with van der Waals surface area (Å²) in [7, 11) is 2.18. The van der Waals surface area contributed by atoms with Crippen LogP contribution in [0.1, 0.15) is 19.3 Å². The van der Waals surface area contributed by atoms with Crippen LogP contribution in [0.3, 0.4) is 0 Å². The van der Waals surface area contributed by atoms with Gasteiger partial charge in [0.25, 0.3) is 0 Å². The number of carbonyl (C=O) groups excluding carboxylic acids is 1. The Morgan fingerprint density at radius 2 is 1.95 bits per heavy atom. The first kappa shape index (κ1) is 17.1. The topological polar surface area (TPSA) is 47.6 Å². The van der Waals surface area contributed by atoms with Crippen LogP contribution in [0.5, 0.6) is 0 Å². The summed E-state index contributed by atoms with van der Waals surface area (Å²) in [6, 6.07) is 0. The quantitative estimate of drug-likeness (QED) is 0.659. The molecule has 2 aliphatic rings. The molecular formula is C15H30N4OS. The molecule has 2 saturated heterocycles. The van der Waals surface area contributed by atoms with E-state index in [1.165, 1.54) is 25.9 Å². The molecule has 1 amide bonds. The number of nitrogens with one attached hydrogen (secondary N) is 2. The summed E-state index contributed by atoms with van der Waals surface area (Å²) in [6.45, 7) is 8.78. The zero-order valence-electron chi connectivity index (χ0n) is 13.3. The number of carbonyl (C=O) groups is 1. The molecule has 122 valence electrons. The van der Waals surface area contributed by atoms with Crippen LogP contribution in [0.25, 0.3) is 0 Å². The Morgan fingerprint density at radius 1 is 1.24 bits per heavy atom. The van der Waals surface area contributed by atoms with Crippen LogP contribution in [-0.4, -0.2) is 86.1 Å². The second-order valence-electron chi connectivity index (χ2n) is 6.11. The lowest BCUT2D eigenvalue weighted by atomic mass is 10.2. The molecule has 0 bridgehead atoms. The number of nitrogens with zero attached hydrogens (tertiary/aromatic N) is 2. The number of thioether (sulfide) groups is 1. The molecule has 2 aliphatic heterocycles. The van der Waals surface area contributed by atoms with Crippen LogP contribution in [0.4, 0.5) is 0 Å². The summed E-state index contributed by atoms with van der Waals surface area (Å²) in [5, 5.41) is 7.08. The van der Waals surface area contributed by atoms with Gasteiger partial charge < -0.3 is 20.4 Å². The predicted octanol–water partition coefficient (Wildman–Crippen LogP) is 0.225. The maximum absolute atomic E-state index is 11.8. The van der Waals surface area contributed by atoms with Gasteiger partial charge in [-0.15, -0.1) is 11.8 Å². The zero-order valence-corrected chi connectivity index (χ0v) is 14.1. The van der Waals surface area contributed by atoms with E-state index in [1.807, 2.05) is 11.8 Å². The fourth-order valence-corrected chi connectivity index (χ4v) is 3.87. The third-order valence-electron chi connectivity index (χ3n) is 4.31. The number of rotatable bonds is 7. The zero-order chi connectivity index (χ0) is 14.9. The number of hydrogen-bond acceptors (Lipinski definition) is 5. The van der Waals surface area contributed by atoms with Crippen LogP contribution in [-0.2, 0) is 4.79 Å². The maximum Gasteiger partial charge on any atom is 0.230 e. The van der Waals surface area contributed by atoms with Crippen LogP contribution in [0.2, 0.25) is 0 Å². The van der Waals surface area contributed by atoms with Gasteiger partial charge in [-0.25, -0.2) is 0 Å². The number of piperidine rings is 1. The average molecular weight is 314 g/mol. The number of piperazine rings is 1. The van der Waals surface area contributed by atoms with Gasteiger partial charge in [0, 0.05) is 38.0 Å². The lowest BCUT2D eigenvalue weighted by Crippen LogP contribution is -2.45. The molecule has 2 heterocycles. The third kappa shape index (κ3) is 7.00. The summed E-state index contributed by atoms with van der Waals surface area (Å²) in [5.74, 6) is 0.830. The molecule has 0 saturated carbocycles. The summed E-state index contributed by atoms with van der Waals surface area (Å²) in [4.78, 5) is 16.7. The number of likely N-dealkylation sites (N-methyl/N-ethyl adjacent to an activating group) is 1. The van der Waals surface area contributed by atoms with Crippen molar-refractivity contribution in [1.82, 2.24) is 20.4 Å². The first-order valence-electron chi connectivity index (χ1n) is 8.24. The molecular weight excluding hydrogens is 284 g/mol. The van der Waals surface area contributed by atoms with E-state index in [-0.39, 0.29) is 5.91 Å². The molecule has 5 nitrogen and oxygen atoms in total. The van der Waals surface area contributed by atoms with Crippen molar-refractivity contribution in [3.05, 3.63) is 0 Å². The lowest BCUT2D eigenvalue weighted by molar-refractivity contribution is -0.118. The smallest absolute Gasteiger partial charge is 0.230 e. The molecule has 0 unspecified atom stereocenters. The van der Waals surface area contributed by atoms with Crippen LogP contribution < -0.4 is 10.6 Å². The van der Waals surface area contributed by atoms with Crippen molar-refractivity contribution in [2.24, 2.45) is 0 Å². The molecule has 0 spiro atoms. The Kier molecular flexibility index (Phi) is 7.85. The van der Waals surface area contributed by atoms with E-state index in [1.54, 1.807) is 0 Å². The van der Waals surface area contributed by atoms with Crippen molar-refractivity contribution in [3.63, 3.8) is 0 Å². The summed E-state index contributed by atoms with van der Waals surface area (Å²) in [5.41, 5.74) is 0. The fraction of sp³-hybridized carbons (Fsp3) is 0.933. The van der Waals surface area contributed by atoms with Crippen LogP contribution in [0, 0.1) is 0 Å². The minimum Gasteiger partial charge on any atom is -0.355 e. The first-order chi connectivity index (χ1) is 10.2. The minimum atomic E-state index is 0.205. The SMILES string of the molecule is CN1CCN(CCCNC(=O)CSC2CCNCC2)CC1. The monoisotopic (exact) mass is 314 g/mol. The molecule has 2 fully saturated rings. The van der Waals surface area contributed by atoms with E-state index >= 15 is 0 Å². The van der Waals surface area contributed by atoms with Crippen molar-refractivity contribution >= 4 is 17.7 Å². The maximum atomic E-state index is 11.8. The summed E-state index contributed by atoms with van der Waals surface area (Å²) >= 11 is 1.82. The Bertz CT molecular complexity index is 302. The van der Waals surface area contributed by atoms with E-state index in [9.17, 15) is 4.79 Å². The van der Waals surface area contributed by atoms with Gasteiger partial charge in [0.05, 0.1) is 5.75 Å². The van der Waals surface area contributed by atoms with Gasteiger partial charge in [0.2, 0.25) is 5.91 Å². The molecule has 0 aromatic rings. The first-order valence-corrected chi connectivity index (χ1v) is 9.29. The largest absolute Gasteiger partial charge is 0.355 e. The summed E-state index contributed by atoms with van der Waals surface area (Å²) in [6.07, 6.45) is 3.45. The van der Waals surface area contributed by atoms with E-state index in [4.69, 9.17) is 0 Å². The molecule has 0 aromatic carbocycles. The average Bonchev–Trinajstić information content (AvgIpc) is 2.52. The van der Waals surface area contributed by atoms with Gasteiger partial charge in [-0.1, -0.05) is 0 Å². The highest BCUT2D eigenvalue weighted by atomic mass is 32.2. The molecule has 2 N–H and O–H groups in total. The Labute approximate surface area is 133 Å². The normalized spacial score (nSPS) is 22.3. The molecule has 0 radical (unpaired) electrons. The highest BCUT2D eigenvalue weighted by molar-refractivity contribution is 8.00. The Morgan fingerprint density at radius 3 is 2.67 bits per heavy atom. The van der Waals surface area contributed by atoms with E-state index < -0.39 is 0 Å². The van der Waals surface area contributed by atoms with Crippen molar-refractivity contribution in [2.45, 2.75) is 24.5 Å². The van der Waals surface area contributed by atoms with Gasteiger partial charge in [-0.3, -0.25) is 4.79 Å².